The number of aromatic amines is 1. The van der Waals surface area contributed by atoms with E-state index < -0.39 is 0 Å². The van der Waals surface area contributed by atoms with Crippen LogP contribution in [0.15, 0.2) is 24.4 Å². The summed E-state index contributed by atoms with van der Waals surface area (Å²) in [5.41, 5.74) is 2.30. The summed E-state index contributed by atoms with van der Waals surface area (Å²) in [6, 6.07) is 5.61. The molecule has 108 valence electrons. The first-order valence-electron chi connectivity index (χ1n) is 6.37. The van der Waals surface area contributed by atoms with Gasteiger partial charge in [0.25, 0.3) is 0 Å². The van der Waals surface area contributed by atoms with Crippen LogP contribution in [-0.2, 0) is 0 Å². The van der Waals surface area contributed by atoms with E-state index in [-0.39, 0.29) is 0 Å². The third-order valence-corrected chi connectivity index (χ3v) is 3.16. The van der Waals surface area contributed by atoms with Gasteiger partial charge in [0.05, 0.1) is 31.5 Å². The van der Waals surface area contributed by atoms with E-state index in [0.717, 1.165) is 16.6 Å². The number of rotatable bonds is 4. The van der Waals surface area contributed by atoms with Gasteiger partial charge in [-0.1, -0.05) is 0 Å². The molecule has 0 fully saturated rings. The number of benzene rings is 1. The highest BCUT2D eigenvalue weighted by molar-refractivity contribution is 5.91. The molecule has 2 heterocycles. The maximum atomic E-state index is 5.31. The summed E-state index contributed by atoms with van der Waals surface area (Å²) >= 11 is 0. The number of nitrogens with one attached hydrogen (secondary N) is 2. The van der Waals surface area contributed by atoms with Crippen molar-refractivity contribution >= 4 is 17.0 Å². The van der Waals surface area contributed by atoms with Gasteiger partial charge >= 0.3 is 0 Å². The number of anilines is 1. The Morgan fingerprint density at radius 1 is 1.05 bits per heavy atom. The van der Waals surface area contributed by atoms with Gasteiger partial charge in [-0.2, -0.15) is 10.1 Å². The number of H-pyrrole nitrogens is 1. The molecular weight excluding hydrogens is 270 g/mol. The van der Waals surface area contributed by atoms with Crippen molar-refractivity contribution in [3.05, 3.63) is 24.4 Å². The second-order valence-corrected chi connectivity index (χ2v) is 4.38. The molecule has 0 aliphatic rings. The maximum absolute atomic E-state index is 5.31. The topological polar surface area (TPSA) is 85.0 Å². The molecule has 0 unspecified atom stereocenters. The number of methoxy groups -OCH3 is 2. The van der Waals surface area contributed by atoms with Crippen LogP contribution < -0.4 is 14.8 Å². The normalized spacial score (nSPS) is 10.6. The van der Waals surface area contributed by atoms with E-state index >= 15 is 0 Å². The molecule has 21 heavy (non-hydrogen) atoms. The molecular formula is C14H15N5O2. The predicted octanol–water partition coefficient (Wildman–Crippen LogP) is 2.08. The summed E-state index contributed by atoms with van der Waals surface area (Å²) in [4.78, 5) is 8.84. The van der Waals surface area contributed by atoms with Gasteiger partial charge in [-0.05, 0) is 12.1 Å². The van der Waals surface area contributed by atoms with Crippen molar-refractivity contribution in [3.63, 3.8) is 0 Å². The van der Waals surface area contributed by atoms with Crippen molar-refractivity contribution in [2.75, 3.05) is 26.6 Å². The largest absolute Gasteiger partial charge is 0.497 e. The van der Waals surface area contributed by atoms with Crippen LogP contribution in [0.4, 0.5) is 5.95 Å². The first kappa shape index (κ1) is 13.2. The lowest BCUT2D eigenvalue weighted by molar-refractivity contribution is 0.394. The van der Waals surface area contributed by atoms with E-state index in [4.69, 9.17) is 9.47 Å². The van der Waals surface area contributed by atoms with E-state index in [1.54, 1.807) is 27.5 Å². The summed E-state index contributed by atoms with van der Waals surface area (Å²) in [6.45, 7) is 0. The molecule has 3 rings (SSSR count). The predicted molar refractivity (Wildman–Crippen MR) is 79.8 cm³/mol. The molecule has 7 heteroatoms. The Balaban J connectivity index is 2.26. The van der Waals surface area contributed by atoms with Crippen molar-refractivity contribution in [2.45, 2.75) is 0 Å². The fraction of sp³-hybridized carbons (Fsp3) is 0.214. The van der Waals surface area contributed by atoms with Gasteiger partial charge in [0.1, 0.15) is 11.5 Å². The quantitative estimate of drug-likeness (QED) is 0.763. The molecule has 0 spiro atoms. The molecule has 2 aromatic heterocycles. The van der Waals surface area contributed by atoms with E-state index in [9.17, 15) is 0 Å². The van der Waals surface area contributed by atoms with Gasteiger partial charge in [0.2, 0.25) is 5.95 Å². The second-order valence-electron chi connectivity index (χ2n) is 4.38. The minimum Gasteiger partial charge on any atom is -0.497 e. The molecule has 1 aromatic carbocycles. The molecule has 7 nitrogen and oxygen atoms in total. The molecule has 3 aromatic rings. The van der Waals surface area contributed by atoms with Crippen molar-refractivity contribution in [1.29, 1.82) is 0 Å². The van der Waals surface area contributed by atoms with Gasteiger partial charge in [0.15, 0.2) is 5.65 Å². The van der Waals surface area contributed by atoms with E-state index in [2.05, 4.69) is 25.5 Å². The molecule has 0 radical (unpaired) electrons. The molecule has 0 saturated heterocycles. The highest BCUT2D eigenvalue weighted by atomic mass is 16.5. The molecule has 0 bridgehead atoms. The summed E-state index contributed by atoms with van der Waals surface area (Å²) in [5, 5.41) is 10.7. The maximum Gasteiger partial charge on any atom is 0.225 e. The van der Waals surface area contributed by atoms with Crippen LogP contribution in [0.1, 0.15) is 0 Å². The Morgan fingerprint density at radius 2 is 1.76 bits per heavy atom. The zero-order chi connectivity index (χ0) is 14.8. The van der Waals surface area contributed by atoms with Gasteiger partial charge in [-0.15, -0.1) is 0 Å². The Labute approximate surface area is 121 Å². The van der Waals surface area contributed by atoms with E-state index in [1.807, 2.05) is 18.2 Å². The average molecular weight is 285 g/mol. The number of aromatic nitrogens is 4. The molecule has 0 saturated carbocycles. The lowest BCUT2D eigenvalue weighted by Crippen LogP contribution is -1.99. The first-order valence-corrected chi connectivity index (χ1v) is 6.37. The van der Waals surface area contributed by atoms with Crippen molar-refractivity contribution < 1.29 is 9.47 Å². The summed E-state index contributed by atoms with van der Waals surface area (Å²) in [6.07, 6.45) is 1.70. The minimum atomic E-state index is 0.517. The van der Waals surface area contributed by atoms with E-state index in [0.29, 0.717) is 23.1 Å². The monoisotopic (exact) mass is 285 g/mol. The van der Waals surface area contributed by atoms with Crippen LogP contribution in [0.5, 0.6) is 11.5 Å². The standard InChI is InChI=1S/C14H15N5O2/c1-15-14-17-12(11-7-16-19-13(11)18-14)8-4-9(20-2)6-10(5-8)21-3/h4-7H,1-3H3,(H2,15,16,17,18,19). The zero-order valence-electron chi connectivity index (χ0n) is 12.0. The molecule has 0 atom stereocenters. The summed E-state index contributed by atoms with van der Waals surface area (Å²) < 4.78 is 10.6. The lowest BCUT2D eigenvalue weighted by Gasteiger charge is -2.09. The highest BCUT2D eigenvalue weighted by Crippen LogP contribution is 2.32. The van der Waals surface area contributed by atoms with Crippen molar-refractivity contribution in [1.82, 2.24) is 20.2 Å². The van der Waals surface area contributed by atoms with E-state index in [1.165, 1.54) is 0 Å². The zero-order valence-corrected chi connectivity index (χ0v) is 12.0. The van der Waals surface area contributed by atoms with Crippen molar-refractivity contribution in [3.8, 4) is 22.8 Å². The third-order valence-electron chi connectivity index (χ3n) is 3.16. The number of ether oxygens (including phenoxy) is 2. The third kappa shape index (κ3) is 2.33. The van der Waals surface area contributed by atoms with Crippen LogP contribution in [0.3, 0.4) is 0 Å². The average Bonchev–Trinajstić information content (AvgIpc) is 3.01. The van der Waals surface area contributed by atoms with Gasteiger partial charge in [0, 0.05) is 18.7 Å². The Bertz CT molecular complexity index is 762. The Hall–Kier alpha value is -2.83. The number of nitrogens with zero attached hydrogens (tertiary/aromatic N) is 3. The first-order chi connectivity index (χ1) is 10.2. The van der Waals surface area contributed by atoms with Crippen molar-refractivity contribution in [2.24, 2.45) is 0 Å². The Kier molecular flexibility index (Phi) is 3.31. The van der Waals surface area contributed by atoms with Gasteiger partial charge in [-0.25, -0.2) is 4.98 Å². The summed E-state index contributed by atoms with van der Waals surface area (Å²) in [5.74, 6) is 1.92. The van der Waals surface area contributed by atoms with Crippen LogP contribution in [-0.4, -0.2) is 41.4 Å². The van der Waals surface area contributed by atoms with Crippen LogP contribution in [0.25, 0.3) is 22.3 Å². The lowest BCUT2D eigenvalue weighted by atomic mass is 10.1. The van der Waals surface area contributed by atoms with Crippen LogP contribution in [0, 0.1) is 0 Å². The smallest absolute Gasteiger partial charge is 0.225 e. The van der Waals surface area contributed by atoms with Crippen LogP contribution in [0.2, 0.25) is 0 Å². The van der Waals surface area contributed by atoms with Gasteiger partial charge < -0.3 is 14.8 Å². The fourth-order valence-electron chi connectivity index (χ4n) is 2.11. The van der Waals surface area contributed by atoms with Gasteiger partial charge in [-0.3, -0.25) is 5.10 Å². The molecule has 0 aliphatic carbocycles. The summed E-state index contributed by atoms with van der Waals surface area (Å²) in [7, 11) is 5.00. The molecule has 2 N–H and O–H groups in total. The van der Waals surface area contributed by atoms with Crippen LogP contribution >= 0.6 is 0 Å². The Morgan fingerprint density at radius 3 is 2.38 bits per heavy atom. The second kappa shape index (κ2) is 5.28. The fourth-order valence-corrected chi connectivity index (χ4v) is 2.11. The molecule has 0 aliphatic heterocycles. The number of fused-ring (bicyclic) bond motifs is 1. The minimum absolute atomic E-state index is 0.517. The number of hydrogen-bond donors (Lipinski definition) is 2. The number of hydrogen-bond acceptors (Lipinski definition) is 6. The SMILES string of the molecule is CNc1nc(-c2cc(OC)cc(OC)c2)c2cn[nH]c2n1. The highest BCUT2D eigenvalue weighted by Gasteiger charge is 2.13. The molecule has 0 amide bonds.